The van der Waals surface area contributed by atoms with E-state index in [2.05, 4.69) is 10.4 Å². The standard InChI is InChI=1S/C19H20N4O3/c1-14-11-17(23(21-14)12-15-7-4-3-5-8-15)20-18(24)13-22(2)19(25)16-9-6-10-26-16/h3-11H,12-13H2,1-2H3,(H,20,24). The number of carbonyl (C=O) groups excluding carboxylic acids is 2. The van der Waals surface area contributed by atoms with Gasteiger partial charge in [0.2, 0.25) is 5.91 Å². The highest BCUT2D eigenvalue weighted by Crippen LogP contribution is 2.13. The van der Waals surface area contributed by atoms with Gasteiger partial charge in [0.25, 0.3) is 5.91 Å². The first-order chi connectivity index (χ1) is 12.5. The van der Waals surface area contributed by atoms with Crippen LogP contribution >= 0.6 is 0 Å². The number of rotatable bonds is 6. The van der Waals surface area contributed by atoms with Crippen molar-refractivity contribution in [1.29, 1.82) is 0 Å². The molecular weight excluding hydrogens is 332 g/mol. The molecule has 0 saturated carbocycles. The molecule has 2 amide bonds. The van der Waals surface area contributed by atoms with Crippen molar-refractivity contribution in [2.24, 2.45) is 0 Å². The van der Waals surface area contributed by atoms with Crippen molar-refractivity contribution < 1.29 is 14.0 Å². The topological polar surface area (TPSA) is 80.4 Å². The number of aryl methyl sites for hydroxylation is 1. The molecule has 0 aliphatic rings. The lowest BCUT2D eigenvalue weighted by Crippen LogP contribution is -2.35. The summed E-state index contributed by atoms with van der Waals surface area (Å²) in [5.41, 5.74) is 1.88. The van der Waals surface area contributed by atoms with Gasteiger partial charge in [-0.25, -0.2) is 4.68 Å². The molecular formula is C19H20N4O3. The van der Waals surface area contributed by atoms with E-state index < -0.39 is 0 Å². The van der Waals surface area contributed by atoms with E-state index in [0.29, 0.717) is 12.4 Å². The zero-order valence-corrected chi connectivity index (χ0v) is 14.7. The van der Waals surface area contributed by atoms with E-state index in [1.807, 2.05) is 37.3 Å². The Balaban J connectivity index is 1.65. The number of nitrogens with one attached hydrogen (secondary N) is 1. The number of hydrogen-bond donors (Lipinski definition) is 1. The van der Waals surface area contributed by atoms with Crippen LogP contribution in [0, 0.1) is 6.92 Å². The second-order valence-corrected chi connectivity index (χ2v) is 6.00. The number of nitrogens with zero attached hydrogens (tertiary/aromatic N) is 3. The maximum atomic E-state index is 12.3. The Morgan fingerprint density at radius 1 is 1.19 bits per heavy atom. The number of hydrogen-bond acceptors (Lipinski definition) is 4. The maximum absolute atomic E-state index is 12.3. The van der Waals surface area contributed by atoms with E-state index >= 15 is 0 Å². The summed E-state index contributed by atoms with van der Waals surface area (Å²) >= 11 is 0. The van der Waals surface area contributed by atoms with Crippen molar-refractivity contribution in [2.75, 3.05) is 18.9 Å². The Bertz CT molecular complexity index is 885. The quantitative estimate of drug-likeness (QED) is 0.739. The van der Waals surface area contributed by atoms with Crippen molar-refractivity contribution >= 4 is 17.6 Å². The van der Waals surface area contributed by atoms with Crippen LogP contribution in [0.25, 0.3) is 0 Å². The molecule has 0 aliphatic heterocycles. The Labute approximate surface area is 151 Å². The normalized spacial score (nSPS) is 10.5. The summed E-state index contributed by atoms with van der Waals surface area (Å²) in [4.78, 5) is 25.8. The first-order valence-corrected chi connectivity index (χ1v) is 8.20. The van der Waals surface area contributed by atoms with Crippen LogP contribution in [0.2, 0.25) is 0 Å². The number of aromatic nitrogens is 2. The second-order valence-electron chi connectivity index (χ2n) is 6.00. The van der Waals surface area contributed by atoms with Gasteiger partial charge in [0.1, 0.15) is 12.4 Å². The van der Waals surface area contributed by atoms with Gasteiger partial charge in [-0.1, -0.05) is 30.3 Å². The third kappa shape index (κ3) is 4.18. The minimum atomic E-state index is -0.348. The van der Waals surface area contributed by atoms with Crippen LogP contribution in [0.5, 0.6) is 0 Å². The number of benzene rings is 1. The zero-order valence-electron chi connectivity index (χ0n) is 14.7. The van der Waals surface area contributed by atoms with Crippen LogP contribution in [-0.2, 0) is 11.3 Å². The van der Waals surface area contributed by atoms with Gasteiger partial charge in [-0.3, -0.25) is 9.59 Å². The third-order valence-electron chi connectivity index (χ3n) is 3.80. The molecule has 0 spiro atoms. The first kappa shape index (κ1) is 17.5. The molecule has 0 unspecified atom stereocenters. The summed E-state index contributed by atoms with van der Waals surface area (Å²) in [6.07, 6.45) is 1.42. The first-order valence-electron chi connectivity index (χ1n) is 8.20. The molecule has 2 aromatic heterocycles. The van der Waals surface area contributed by atoms with Crippen molar-refractivity contribution in [3.8, 4) is 0 Å². The molecule has 1 aromatic carbocycles. The van der Waals surface area contributed by atoms with Gasteiger partial charge < -0.3 is 14.6 Å². The smallest absolute Gasteiger partial charge is 0.289 e. The van der Waals surface area contributed by atoms with Crippen LogP contribution in [0.4, 0.5) is 5.82 Å². The van der Waals surface area contributed by atoms with Crippen molar-refractivity contribution in [1.82, 2.24) is 14.7 Å². The fourth-order valence-corrected chi connectivity index (χ4v) is 2.58. The van der Waals surface area contributed by atoms with E-state index in [0.717, 1.165) is 11.3 Å². The van der Waals surface area contributed by atoms with Crippen molar-refractivity contribution in [3.63, 3.8) is 0 Å². The molecule has 2 heterocycles. The summed E-state index contributed by atoms with van der Waals surface area (Å²) in [5.74, 6) is 0.140. The number of carbonyl (C=O) groups is 2. The Kier molecular flexibility index (Phi) is 5.17. The van der Waals surface area contributed by atoms with E-state index in [4.69, 9.17) is 4.42 Å². The molecule has 1 N–H and O–H groups in total. The minimum absolute atomic E-state index is 0.0882. The molecule has 7 nitrogen and oxygen atoms in total. The lowest BCUT2D eigenvalue weighted by molar-refractivity contribution is -0.116. The van der Waals surface area contributed by atoms with Gasteiger partial charge in [-0.15, -0.1) is 0 Å². The molecule has 3 aromatic rings. The van der Waals surface area contributed by atoms with Gasteiger partial charge in [0.05, 0.1) is 18.5 Å². The predicted molar refractivity (Wildman–Crippen MR) is 96.8 cm³/mol. The highest BCUT2D eigenvalue weighted by molar-refractivity contribution is 5.97. The summed E-state index contributed by atoms with van der Waals surface area (Å²) in [5, 5.41) is 7.24. The van der Waals surface area contributed by atoms with E-state index in [1.165, 1.54) is 11.2 Å². The fraction of sp³-hybridized carbons (Fsp3) is 0.211. The summed E-state index contributed by atoms with van der Waals surface area (Å²) in [6.45, 7) is 2.32. The van der Waals surface area contributed by atoms with Crippen molar-refractivity contribution in [3.05, 3.63) is 71.8 Å². The molecule has 0 saturated heterocycles. The fourth-order valence-electron chi connectivity index (χ4n) is 2.58. The van der Waals surface area contributed by atoms with Gasteiger partial charge in [-0.05, 0) is 24.6 Å². The second kappa shape index (κ2) is 7.69. The number of amides is 2. The van der Waals surface area contributed by atoms with Gasteiger partial charge in [-0.2, -0.15) is 5.10 Å². The number of likely N-dealkylation sites (N-methyl/N-ethyl adjacent to an activating group) is 1. The average Bonchev–Trinajstić information content (AvgIpc) is 3.25. The van der Waals surface area contributed by atoms with Crippen molar-refractivity contribution in [2.45, 2.75) is 13.5 Å². The highest BCUT2D eigenvalue weighted by Gasteiger charge is 2.18. The van der Waals surface area contributed by atoms with Crippen LogP contribution in [0.15, 0.2) is 59.2 Å². The maximum Gasteiger partial charge on any atom is 0.289 e. The lowest BCUT2D eigenvalue weighted by Gasteiger charge is -2.16. The number of furan rings is 1. The van der Waals surface area contributed by atoms with E-state index in [-0.39, 0.29) is 24.1 Å². The van der Waals surface area contributed by atoms with Gasteiger partial charge in [0.15, 0.2) is 5.76 Å². The van der Waals surface area contributed by atoms with Crippen LogP contribution in [-0.4, -0.2) is 40.1 Å². The van der Waals surface area contributed by atoms with Gasteiger partial charge in [0, 0.05) is 13.1 Å². The molecule has 0 fully saturated rings. The van der Waals surface area contributed by atoms with Crippen LogP contribution in [0.1, 0.15) is 21.8 Å². The summed E-state index contributed by atoms with van der Waals surface area (Å²) in [6, 6.07) is 14.9. The zero-order chi connectivity index (χ0) is 18.5. The van der Waals surface area contributed by atoms with Crippen LogP contribution < -0.4 is 5.32 Å². The predicted octanol–water partition coefficient (Wildman–Crippen LogP) is 2.54. The molecule has 7 heteroatoms. The molecule has 26 heavy (non-hydrogen) atoms. The Morgan fingerprint density at radius 2 is 1.96 bits per heavy atom. The monoisotopic (exact) mass is 352 g/mol. The molecule has 0 radical (unpaired) electrons. The highest BCUT2D eigenvalue weighted by atomic mass is 16.3. The lowest BCUT2D eigenvalue weighted by atomic mass is 10.2. The third-order valence-corrected chi connectivity index (χ3v) is 3.80. The van der Waals surface area contributed by atoms with E-state index in [1.54, 1.807) is 29.9 Å². The van der Waals surface area contributed by atoms with E-state index in [9.17, 15) is 9.59 Å². The molecule has 0 bridgehead atoms. The molecule has 0 atom stereocenters. The minimum Gasteiger partial charge on any atom is -0.459 e. The molecule has 0 aliphatic carbocycles. The molecule has 134 valence electrons. The SMILES string of the molecule is Cc1cc(NC(=O)CN(C)C(=O)c2ccco2)n(Cc2ccccc2)n1. The molecule has 3 rings (SSSR count). The largest absolute Gasteiger partial charge is 0.459 e. The Hall–Kier alpha value is -3.35. The number of anilines is 1. The summed E-state index contributed by atoms with van der Waals surface area (Å²) < 4.78 is 6.80. The summed E-state index contributed by atoms with van der Waals surface area (Å²) in [7, 11) is 1.55. The van der Waals surface area contributed by atoms with Crippen LogP contribution in [0.3, 0.4) is 0 Å². The average molecular weight is 352 g/mol. The van der Waals surface area contributed by atoms with Gasteiger partial charge >= 0.3 is 0 Å². The Morgan fingerprint density at radius 3 is 2.65 bits per heavy atom.